The molecule has 0 saturated heterocycles. The van der Waals surface area contributed by atoms with Gasteiger partial charge in [0, 0.05) is 23.5 Å². The van der Waals surface area contributed by atoms with Crippen LogP contribution >= 0.6 is 0 Å². The topological polar surface area (TPSA) is 103 Å². The van der Waals surface area contributed by atoms with Gasteiger partial charge >= 0.3 is 0 Å². The van der Waals surface area contributed by atoms with E-state index in [1.54, 1.807) is 6.07 Å². The summed E-state index contributed by atoms with van der Waals surface area (Å²) in [6.45, 7) is 0. The summed E-state index contributed by atoms with van der Waals surface area (Å²) in [5.41, 5.74) is -0.191. The molecular weight excluding hydrogens is 449 g/mol. The van der Waals surface area contributed by atoms with Crippen LogP contribution < -0.4 is 15.0 Å². The zero-order valence-electron chi connectivity index (χ0n) is 16.2. The molecule has 0 spiro atoms. The Bertz CT molecular complexity index is 1520. The normalized spacial score (nSPS) is 11.5. The highest BCUT2D eigenvalue weighted by molar-refractivity contribution is 7.92. The average molecular weight is 462 g/mol. The van der Waals surface area contributed by atoms with Gasteiger partial charge in [0.15, 0.2) is 0 Å². The molecule has 4 aromatic rings. The fraction of sp³-hybridized carbons (Fsp3) is 0.0500. The van der Waals surface area contributed by atoms with E-state index in [0.29, 0.717) is 23.3 Å². The van der Waals surface area contributed by atoms with E-state index in [1.807, 2.05) is 0 Å². The quantitative estimate of drug-likeness (QED) is 0.489. The number of nitrogens with one attached hydrogen (secondary N) is 1. The number of benzene rings is 1. The number of aromatic nitrogens is 3. The molecule has 164 valence electrons. The Morgan fingerprint density at radius 3 is 2.50 bits per heavy atom. The second-order valence-corrected chi connectivity index (χ2v) is 8.17. The molecule has 3 heterocycles. The lowest BCUT2D eigenvalue weighted by atomic mass is 10.1. The highest BCUT2D eigenvalue weighted by atomic mass is 32.2. The van der Waals surface area contributed by atoms with E-state index in [0.717, 1.165) is 16.7 Å². The molecule has 8 nitrogen and oxygen atoms in total. The highest BCUT2D eigenvalue weighted by Gasteiger charge is 2.22. The maximum absolute atomic E-state index is 14.0. The van der Waals surface area contributed by atoms with E-state index in [-0.39, 0.29) is 17.2 Å². The molecule has 0 bridgehead atoms. The number of sulfonamides is 1. The lowest BCUT2D eigenvalue weighted by Crippen LogP contribution is -2.18. The molecular formula is C20H13F3N4O4S. The van der Waals surface area contributed by atoms with Gasteiger partial charge in [-0.25, -0.2) is 27.2 Å². The fourth-order valence-electron chi connectivity index (χ4n) is 2.95. The van der Waals surface area contributed by atoms with Crippen molar-refractivity contribution < 1.29 is 26.3 Å². The van der Waals surface area contributed by atoms with E-state index in [1.165, 1.54) is 31.6 Å². The minimum Gasteiger partial charge on any atom is -0.480 e. The molecule has 3 aromatic heterocycles. The molecule has 0 unspecified atom stereocenters. The van der Waals surface area contributed by atoms with E-state index >= 15 is 0 Å². The van der Waals surface area contributed by atoms with Gasteiger partial charge in [-0.2, -0.15) is 4.39 Å². The Morgan fingerprint density at radius 2 is 1.75 bits per heavy atom. The number of pyridine rings is 2. The van der Waals surface area contributed by atoms with Crippen LogP contribution in [0.2, 0.25) is 0 Å². The lowest BCUT2D eigenvalue weighted by molar-refractivity contribution is 0.400. The van der Waals surface area contributed by atoms with Crippen LogP contribution in [0.3, 0.4) is 0 Å². The molecule has 0 aliphatic heterocycles. The van der Waals surface area contributed by atoms with Gasteiger partial charge in [-0.15, -0.1) is 0 Å². The smallest absolute Gasteiger partial charge is 0.293 e. The maximum atomic E-state index is 14.0. The minimum atomic E-state index is -4.54. The second kappa shape index (κ2) is 7.96. The van der Waals surface area contributed by atoms with Crippen LogP contribution in [0.4, 0.5) is 18.9 Å². The van der Waals surface area contributed by atoms with Crippen LogP contribution in [0.1, 0.15) is 0 Å². The number of anilines is 1. The number of ether oxygens (including phenoxy) is 1. The molecule has 0 saturated carbocycles. The number of rotatable bonds is 5. The van der Waals surface area contributed by atoms with Gasteiger partial charge in [-0.05, 0) is 36.4 Å². The summed E-state index contributed by atoms with van der Waals surface area (Å²) in [5, 5.41) is 0. The first-order valence-corrected chi connectivity index (χ1v) is 10.4. The number of halogens is 3. The molecule has 1 N–H and O–H groups in total. The van der Waals surface area contributed by atoms with Gasteiger partial charge in [0.2, 0.25) is 11.7 Å². The molecule has 0 fully saturated rings. The van der Waals surface area contributed by atoms with Crippen LogP contribution in [-0.2, 0) is 10.0 Å². The molecule has 0 atom stereocenters. The number of methoxy groups -OCH3 is 1. The van der Waals surface area contributed by atoms with Crippen molar-refractivity contribution in [2.75, 3.05) is 11.8 Å². The third kappa shape index (κ3) is 3.87. The first-order valence-electron chi connectivity index (χ1n) is 8.89. The van der Waals surface area contributed by atoms with Crippen LogP contribution in [-0.4, -0.2) is 29.9 Å². The van der Waals surface area contributed by atoms with Crippen molar-refractivity contribution in [3.63, 3.8) is 0 Å². The Labute approximate surface area is 179 Å². The van der Waals surface area contributed by atoms with Crippen molar-refractivity contribution in [3.05, 3.63) is 82.8 Å². The van der Waals surface area contributed by atoms with Gasteiger partial charge in [0.1, 0.15) is 27.9 Å². The zero-order chi connectivity index (χ0) is 23.0. The largest absolute Gasteiger partial charge is 0.480 e. The van der Waals surface area contributed by atoms with E-state index in [9.17, 15) is 26.4 Å². The maximum Gasteiger partial charge on any atom is 0.293 e. The van der Waals surface area contributed by atoms with Crippen molar-refractivity contribution in [2.24, 2.45) is 0 Å². The fourth-order valence-corrected chi connectivity index (χ4v) is 4.09. The molecule has 4 rings (SSSR count). The SMILES string of the molecule is COc1ncc(-c2ccc3ncc(F)c(=O)n3c2)cc1NS(=O)(=O)c1cc(F)ccc1F. The Balaban J connectivity index is 1.80. The lowest BCUT2D eigenvalue weighted by Gasteiger charge is -2.13. The summed E-state index contributed by atoms with van der Waals surface area (Å²) in [6.07, 6.45) is 3.45. The predicted octanol–water partition coefficient (Wildman–Crippen LogP) is 2.98. The summed E-state index contributed by atoms with van der Waals surface area (Å²) in [7, 11) is -3.30. The molecule has 0 radical (unpaired) electrons. The van der Waals surface area contributed by atoms with E-state index < -0.39 is 37.9 Å². The number of nitrogens with zero attached hydrogens (tertiary/aromatic N) is 3. The Hall–Kier alpha value is -3.93. The first-order chi connectivity index (χ1) is 15.2. The molecule has 32 heavy (non-hydrogen) atoms. The monoisotopic (exact) mass is 462 g/mol. The number of fused-ring (bicyclic) bond motifs is 1. The van der Waals surface area contributed by atoms with Crippen LogP contribution in [0.15, 0.2) is 64.7 Å². The van der Waals surface area contributed by atoms with Crippen molar-refractivity contribution in [1.82, 2.24) is 14.4 Å². The van der Waals surface area contributed by atoms with E-state index in [2.05, 4.69) is 14.7 Å². The predicted molar refractivity (Wildman–Crippen MR) is 108 cm³/mol. The van der Waals surface area contributed by atoms with Crippen LogP contribution in [0.5, 0.6) is 5.88 Å². The van der Waals surface area contributed by atoms with E-state index in [4.69, 9.17) is 4.74 Å². The molecule has 0 aliphatic rings. The minimum absolute atomic E-state index is 0.139. The summed E-state index contributed by atoms with van der Waals surface area (Å²) < 4.78 is 74.6. The van der Waals surface area contributed by atoms with Gasteiger partial charge in [-0.1, -0.05) is 0 Å². The number of hydrogen-bond donors (Lipinski definition) is 1. The summed E-state index contributed by atoms with van der Waals surface area (Å²) >= 11 is 0. The highest BCUT2D eigenvalue weighted by Crippen LogP contribution is 2.30. The summed E-state index contributed by atoms with van der Waals surface area (Å²) in [4.78, 5) is 19.0. The van der Waals surface area contributed by atoms with Gasteiger partial charge in [0.05, 0.1) is 13.3 Å². The standard InChI is InChI=1S/C20H13F3N4O4S/c1-31-19-16(26-32(29,30)17-7-13(21)3-4-14(17)22)6-12(8-25-19)11-2-5-18-24-9-15(23)20(28)27(18)10-11/h2-10,26H,1H3. The van der Waals surface area contributed by atoms with Crippen molar-refractivity contribution >= 4 is 21.4 Å². The van der Waals surface area contributed by atoms with Gasteiger partial charge in [0.25, 0.3) is 15.6 Å². The van der Waals surface area contributed by atoms with Gasteiger partial charge < -0.3 is 4.74 Å². The van der Waals surface area contributed by atoms with Crippen molar-refractivity contribution in [3.8, 4) is 17.0 Å². The summed E-state index contributed by atoms with van der Waals surface area (Å²) in [6, 6.07) is 6.37. The van der Waals surface area contributed by atoms with Crippen molar-refractivity contribution in [1.29, 1.82) is 0 Å². The molecule has 0 aliphatic carbocycles. The third-order valence-corrected chi connectivity index (χ3v) is 5.85. The number of hydrogen-bond acceptors (Lipinski definition) is 6. The van der Waals surface area contributed by atoms with Crippen LogP contribution in [0.25, 0.3) is 16.8 Å². The summed E-state index contributed by atoms with van der Waals surface area (Å²) in [5.74, 6) is -3.27. The molecule has 1 aromatic carbocycles. The van der Waals surface area contributed by atoms with Crippen LogP contribution in [0, 0.1) is 17.5 Å². The Morgan fingerprint density at radius 1 is 0.969 bits per heavy atom. The zero-order valence-corrected chi connectivity index (χ0v) is 17.0. The Kier molecular flexibility index (Phi) is 5.30. The first kappa shape index (κ1) is 21.3. The van der Waals surface area contributed by atoms with Crippen molar-refractivity contribution in [2.45, 2.75) is 4.90 Å². The average Bonchev–Trinajstić information content (AvgIpc) is 2.77. The second-order valence-electron chi connectivity index (χ2n) is 6.52. The molecule has 0 amide bonds. The third-order valence-electron chi connectivity index (χ3n) is 4.47. The van der Waals surface area contributed by atoms with Gasteiger partial charge in [-0.3, -0.25) is 13.9 Å². The molecule has 12 heteroatoms.